The van der Waals surface area contributed by atoms with Gasteiger partial charge in [-0.2, -0.15) is 0 Å². The number of unbranched alkanes of at least 4 members (excludes halogenated alkanes) is 3. The van der Waals surface area contributed by atoms with Crippen LogP contribution in [0, 0.1) is 0 Å². The molecule has 0 aliphatic rings. The first kappa shape index (κ1) is 24.1. The van der Waals surface area contributed by atoms with E-state index in [-0.39, 0.29) is 19.2 Å². The normalized spacial score (nSPS) is 12.9. The summed E-state index contributed by atoms with van der Waals surface area (Å²) in [5.74, 6) is -0.828. The highest BCUT2D eigenvalue weighted by Gasteiger charge is 2.14. The van der Waals surface area contributed by atoms with Crippen LogP contribution in [0.3, 0.4) is 0 Å². The van der Waals surface area contributed by atoms with Crippen molar-refractivity contribution in [2.24, 2.45) is 0 Å². The molecule has 0 rings (SSSR count). The van der Waals surface area contributed by atoms with Crippen LogP contribution >= 0.6 is 0 Å². The molecule has 0 radical (unpaired) electrons. The molecule has 1 atom stereocenters. The van der Waals surface area contributed by atoms with Crippen LogP contribution in [0.4, 0.5) is 0 Å². The zero-order valence-corrected chi connectivity index (χ0v) is 16.2. The summed E-state index contributed by atoms with van der Waals surface area (Å²) in [6.45, 7) is 2.94. The van der Waals surface area contributed by atoms with Crippen LogP contribution in [0.25, 0.3) is 0 Å². The Labute approximate surface area is 157 Å². The van der Waals surface area contributed by atoms with Gasteiger partial charge in [0.2, 0.25) is 0 Å². The van der Waals surface area contributed by atoms with E-state index in [4.69, 9.17) is 14.6 Å². The third kappa shape index (κ3) is 17.0. The van der Waals surface area contributed by atoms with E-state index in [2.05, 4.69) is 43.4 Å². The van der Waals surface area contributed by atoms with Crippen molar-refractivity contribution in [3.05, 3.63) is 36.5 Å². The number of esters is 2. The molecule has 0 spiro atoms. The van der Waals surface area contributed by atoms with E-state index in [9.17, 15) is 9.59 Å². The van der Waals surface area contributed by atoms with Gasteiger partial charge >= 0.3 is 11.9 Å². The molecule has 26 heavy (non-hydrogen) atoms. The maximum absolute atomic E-state index is 11.7. The van der Waals surface area contributed by atoms with Crippen molar-refractivity contribution in [1.82, 2.24) is 0 Å². The number of carbonyl (C=O) groups excluding carboxylic acids is 2. The van der Waals surface area contributed by atoms with E-state index in [1.54, 1.807) is 0 Å². The molecule has 0 aliphatic carbocycles. The second-order valence-electron chi connectivity index (χ2n) is 5.99. The van der Waals surface area contributed by atoms with Crippen molar-refractivity contribution in [2.75, 3.05) is 13.2 Å². The lowest BCUT2D eigenvalue weighted by Gasteiger charge is -2.15. The molecule has 0 aromatic heterocycles. The Hall–Kier alpha value is -1.88. The lowest BCUT2D eigenvalue weighted by Crippen LogP contribution is -2.28. The van der Waals surface area contributed by atoms with Crippen LogP contribution in [0.5, 0.6) is 0 Å². The van der Waals surface area contributed by atoms with Gasteiger partial charge in [-0.3, -0.25) is 9.59 Å². The summed E-state index contributed by atoms with van der Waals surface area (Å²) in [7, 11) is 0. The number of rotatable bonds is 15. The van der Waals surface area contributed by atoms with Crippen LogP contribution in [-0.4, -0.2) is 36.4 Å². The number of aliphatic hydroxyl groups excluding tert-OH is 1. The minimum Gasteiger partial charge on any atom is -0.462 e. The lowest BCUT2D eigenvalue weighted by atomic mass is 10.1. The minimum atomic E-state index is -0.778. The molecule has 0 heterocycles. The van der Waals surface area contributed by atoms with Crippen LogP contribution in [0.2, 0.25) is 0 Å². The summed E-state index contributed by atoms with van der Waals surface area (Å²) in [4.78, 5) is 22.4. The highest BCUT2D eigenvalue weighted by Crippen LogP contribution is 2.07. The Bertz CT molecular complexity index is 451. The van der Waals surface area contributed by atoms with E-state index in [1.165, 1.54) is 6.92 Å². The fourth-order valence-corrected chi connectivity index (χ4v) is 2.11. The van der Waals surface area contributed by atoms with Gasteiger partial charge < -0.3 is 14.6 Å². The quantitative estimate of drug-likeness (QED) is 0.266. The fourth-order valence-electron chi connectivity index (χ4n) is 2.11. The Balaban J connectivity index is 3.61. The van der Waals surface area contributed by atoms with Crippen molar-refractivity contribution in [1.29, 1.82) is 0 Å². The summed E-state index contributed by atoms with van der Waals surface area (Å²) in [5, 5.41) is 9.09. The van der Waals surface area contributed by atoms with Crippen LogP contribution in [-0.2, 0) is 19.1 Å². The van der Waals surface area contributed by atoms with E-state index in [0.29, 0.717) is 6.42 Å². The first-order chi connectivity index (χ1) is 12.6. The molecule has 1 unspecified atom stereocenters. The van der Waals surface area contributed by atoms with Crippen LogP contribution < -0.4 is 0 Å². The Morgan fingerprint density at radius 1 is 0.962 bits per heavy atom. The van der Waals surface area contributed by atoms with E-state index >= 15 is 0 Å². The third-order valence-corrected chi connectivity index (χ3v) is 3.51. The molecule has 0 saturated carbocycles. The molecule has 5 nitrogen and oxygen atoms in total. The van der Waals surface area contributed by atoms with E-state index < -0.39 is 12.1 Å². The molecule has 0 aliphatic heterocycles. The summed E-state index contributed by atoms with van der Waals surface area (Å²) in [6, 6.07) is 0. The summed E-state index contributed by atoms with van der Waals surface area (Å²) in [5.41, 5.74) is 0. The number of allylic oxidation sites excluding steroid dienone is 6. The Morgan fingerprint density at radius 3 is 2.23 bits per heavy atom. The molecule has 5 heteroatoms. The van der Waals surface area contributed by atoms with Gasteiger partial charge in [-0.1, -0.05) is 49.8 Å². The summed E-state index contributed by atoms with van der Waals surface area (Å²) in [6.07, 6.45) is 19.3. The summed E-state index contributed by atoms with van der Waals surface area (Å²) < 4.78 is 9.79. The average molecular weight is 366 g/mol. The Kier molecular flexibility index (Phi) is 16.6. The van der Waals surface area contributed by atoms with Gasteiger partial charge in [0.1, 0.15) is 6.61 Å². The van der Waals surface area contributed by atoms with Crippen molar-refractivity contribution >= 4 is 11.9 Å². The molecule has 0 amide bonds. The maximum Gasteiger partial charge on any atom is 0.306 e. The van der Waals surface area contributed by atoms with Crippen molar-refractivity contribution < 1.29 is 24.2 Å². The third-order valence-electron chi connectivity index (χ3n) is 3.51. The second kappa shape index (κ2) is 17.9. The van der Waals surface area contributed by atoms with E-state index in [0.717, 1.165) is 44.9 Å². The van der Waals surface area contributed by atoms with Gasteiger partial charge in [0.15, 0.2) is 6.10 Å². The van der Waals surface area contributed by atoms with Gasteiger partial charge in [-0.15, -0.1) is 0 Å². The minimum absolute atomic E-state index is 0.105. The number of aliphatic hydroxyl groups is 1. The molecule has 0 bridgehead atoms. The monoisotopic (exact) mass is 366 g/mol. The van der Waals surface area contributed by atoms with Gasteiger partial charge in [0.25, 0.3) is 0 Å². The molecule has 0 saturated heterocycles. The van der Waals surface area contributed by atoms with Gasteiger partial charge in [0.05, 0.1) is 6.61 Å². The van der Waals surface area contributed by atoms with Gasteiger partial charge in [-0.05, 0) is 38.5 Å². The van der Waals surface area contributed by atoms with Crippen molar-refractivity contribution in [3.63, 3.8) is 0 Å². The van der Waals surface area contributed by atoms with Crippen LogP contribution in [0.1, 0.15) is 65.2 Å². The molecule has 0 aromatic carbocycles. The maximum atomic E-state index is 11.7. The number of hydrogen-bond acceptors (Lipinski definition) is 5. The Morgan fingerprint density at radius 2 is 1.62 bits per heavy atom. The molecule has 0 aromatic rings. The van der Waals surface area contributed by atoms with Gasteiger partial charge in [-0.25, -0.2) is 0 Å². The zero-order chi connectivity index (χ0) is 19.5. The molecular weight excluding hydrogens is 332 g/mol. The van der Waals surface area contributed by atoms with Crippen molar-refractivity contribution in [3.8, 4) is 0 Å². The average Bonchev–Trinajstić information content (AvgIpc) is 2.62. The van der Waals surface area contributed by atoms with Crippen molar-refractivity contribution in [2.45, 2.75) is 71.3 Å². The highest BCUT2D eigenvalue weighted by molar-refractivity contribution is 5.69. The number of carbonyl (C=O) groups is 2. The first-order valence-corrected chi connectivity index (χ1v) is 9.48. The molecule has 0 fully saturated rings. The SMILES string of the molecule is CC/C=C\C/C=C\C/C=C\CCCCCC(=O)OC(CO)COC(C)=O. The second-order valence-corrected chi connectivity index (χ2v) is 5.99. The number of hydrogen-bond donors (Lipinski definition) is 1. The topological polar surface area (TPSA) is 72.8 Å². The molecule has 1 N–H and O–H groups in total. The highest BCUT2D eigenvalue weighted by atomic mass is 16.6. The predicted octanol–water partition coefficient (Wildman–Crippen LogP) is 4.26. The van der Waals surface area contributed by atoms with E-state index in [1.807, 2.05) is 0 Å². The smallest absolute Gasteiger partial charge is 0.306 e. The molecular formula is C21H34O5. The standard InChI is InChI=1S/C21H34O5/c1-3-4-5-6-7-8-9-10-11-12-13-14-15-16-21(24)26-20(17-22)18-25-19(2)23/h4-5,7-8,10-11,20,22H,3,6,9,12-18H2,1-2H3/b5-4-,8-7-,11-10-. The number of ether oxygens (including phenoxy) is 2. The van der Waals surface area contributed by atoms with Crippen LogP contribution in [0.15, 0.2) is 36.5 Å². The fraction of sp³-hybridized carbons (Fsp3) is 0.619. The summed E-state index contributed by atoms with van der Waals surface area (Å²) >= 11 is 0. The first-order valence-electron chi connectivity index (χ1n) is 9.48. The predicted molar refractivity (Wildman–Crippen MR) is 104 cm³/mol. The largest absolute Gasteiger partial charge is 0.462 e. The van der Waals surface area contributed by atoms with Gasteiger partial charge in [0, 0.05) is 13.3 Å². The zero-order valence-electron chi connectivity index (χ0n) is 16.2. The lowest BCUT2D eigenvalue weighted by molar-refractivity contribution is -0.160. The molecule has 148 valence electrons.